The zero-order valence-corrected chi connectivity index (χ0v) is 18.0. The Hall–Kier alpha value is -3.25. The summed E-state index contributed by atoms with van der Waals surface area (Å²) in [6.45, 7) is 6.43. The zero-order chi connectivity index (χ0) is 21.4. The van der Waals surface area contributed by atoms with Gasteiger partial charge >= 0.3 is 0 Å². The first-order valence-electron chi connectivity index (χ1n) is 11.0. The summed E-state index contributed by atoms with van der Waals surface area (Å²) in [6.07, 6.45) is 3.83. The summed E-state index contributed by atoms with van der Waals surface area (Å²) in [5, 5.41) is 9.71. The number of hydrogen-bond donors (Lipinski definition) is 0. The summed E-state index contributed by atoms with van der Waals surface area (Å²) >= 11 is 0. The van der Waals surface area contributed by atoms with E-state index in [9.17, 15) is 4.79 Å². The quantitative estimate of drug-likeness (QED) is 0.501. The average molecular weight is 414 g/mol. The van der Waals surface area contributed by atoms with Gasteiger partial charge in [0.25, 0.3) is 5.56 Å². The van der Waals surface area contributed by atoms with Gasteiger partial charge < -0.3 is 4.90 Å². The van der Waals surface area contributed by atoms with Crippen molar-refractivity contribution in [2.45, 2.75) is 38.8 Å². The summed E-state index contributed by atoms with van der Waals surface area (Å²) in [7, 11) is 0. The van der Waals surface area contributed by atoms with E-state index in [-0.39, 0.29) is 11.6 Å². The molecule has 1 saturated heterocycles. The molecule has 6 nitrogen and oxygen atoms in total. The Balaban J connectivity index is 1.60. The van der Waals surface area contributed by atoms with Crippen molar-refractivity contribution in [1.82, 2.24) is 24.3 Å². The number of nitrogens with zero attached hydrogens (tertiary/aromatic N) is 5. The second-order valence-corrected chi connectivity index (χ2v) is 8.48. The predicted octanol–water partition coefficient (Wildman–Crippen LogP) is 4.27. The largest absolute Gasteiger partial charge is 0.301 e. The van der Waals surface area contributed by atoms with Gasteiger partial charge in [-0.3, -0.25) is 4.79 Å². The Morgan fingerprint density at radius 1 is 0.903 bits per heavy atom. The minimum Gasteiger partial charge on any atom is -0.301 e. The first-order valence-corrected chi connectivity index (χ1v) is 11.0. The number of benzene rings is 1. The van der Waals surface area contributed by atoms with Crippen LogP contribution in [0, 0.1) is 0 Å². The highest BCUT2D eigenvalue weighted by molar-refractivity contribution is 5.90. The Morgan fingerprint density at radius 3 is 2.39 bits per heavy atom. The molecule has 1 aliphatic rings. The summed E-state index contributed by atoms with van der Waals surface area (Å²) in [4.78, 5) is 15.2. The fraction of sp³-hybridized carbons (Fsp3) is 0.320. The molecule has 31 heavy (non-hydrogen) atoms. The second-order valence-electron chi connectivity index (χ2n) is 8.48. The number of hydrogen-bond acceptors (Lipinski definition) is 4. The van der Waals surface area contributed by atoms with Crippen molar-refractivity contribution in [1.29, 1.82) is 0 Å². The van der Waals surface area contributed by atoms with Gasteiger partial charge in [-0.25, -0.2) is 9.20 Å². The molecule has 5 rings (SSSR count). The Morgan fingerprint density at radius 2 is 1.65 bits per heavy atom. The van der Waals surface area contributed by atoms with Gasteiger partial charge in [-0.1, -0.05) is 36.4 Å². The van der Waals surface area contributed by atoms with Crippen LogP contribution < -0.4 is 5.56 Å². The summed E-state index contributed by atoms with van der Waals surface area (Å²) in [5.41, 5.74) is 4.59. The fourth-order valence-corrected chi connectivity index (χ4v) is 4.52. The van der Waals surface area contributed by atoms with Crippen molar-refractivity contribution in [3.8, 4) is 22.5 Å². The highest BCUT2D eigenvalue weighted by Crippen LogP contribution is 2.34. The first-order chi connectivity index (χ1) is 15.1. The van der Waals surface area contributed by atoms with Gasteiger partial charge in [0, 0.05) is 37.0 Å². The summed E-state index contributed by atoms with van der Waals surface area (Å²) in [5.74, 6) is 0. The van der Waals surface area contributed by atoms with E-state index in [1.807, 2.05) is 53.2 Å². The van der Waals surface area contributed by atoms with Crippen LogP contribution in [0.3, 0.4) is 0 Å². The van der Waals surface area contributed by atoms with Gasteiger partial charge in [-0.05, 0) is 44.9 Å². The molecule has 0 N–H and O–H groups in total. The van der Waals surface area contributed by atoms with Crippen molar-refractivity contribution in [3.63, 3.8) is 0 Å². The Kier molecular flexibility index (Phi) is 5.16. The number of aromatic nitrogens is 4. The number of fused-ring (bicyclic) bond motifs is 1. The molecule has 6 heteroatoms. The van der Waals surface area contributed by atoms with Gasteiger partial charge in [0.05, 0.1) is 22.8 Å². The van der Waals surface area contributed by atoms with E-state index in [4.69, 9.17) is 10.2 Å². The minimum absolute atomic E-state index is 0.0375. The molecule has 0 saturated carbocycles. The summed E-state index contributed by atoms with van der Waals surface area (Å²) in [6, 6.07) is 20.3. The van der Waals surface area contributed by atoms with Crippen LogP contribution in [-0.4, -0.2) is 43.4 Å². The monoisotopic (exact) mass is 413 g/mol. The lowest BCUT2D eigenvalue weighted by Gasteiger charge is -2.34. The molecule has 1 aliphatic heterocycles. The maximum atomic E-state index is 12.7. The third kappa shape index (κ3) is 3.68. The lowest BCUT2D eigenvalue weighted by molar-refractivity contribution is 0.145. The van der Waals surface area contributed by atoms with E-state index in [0.29, 0.717) is 6.04 Å². The highest BCUT2D eigenvalue weighted by atomic mass is 16.1. The van der Waals surface area contributed by atoms with Crippen LogP contribution in [0.4, 0.5) is 0 Å². The molecule has 0 aliphatic carbocycles. The van der Waals surface area contributed by atoms with Gasteiger partial charge in [0.15, 0.2) is 0 Å². The van der Waals surface area contributed by atoms with Crippen LogP contribution in [0.1, 0.15) is 32.7 Å². The topological polar surface area (TPSA) is 55.4 Å². The number of rotatable bonds is 4. The Bertz CT molecular complexity index is 1250. The van der Waals surface area contributed by atoms with Crippen LogP contribution in [0.15, 0.2) is 71.7 Å². The van der Waals surface area contributed by atoms with E-state index in [2.05, 4.69) is 30.9 Å². The predicted molar refractivity (Wildman–Crippen MR) is 123 cm³/mol. The van der Waals surface area contributed by atoms with Crippen molar-refractivity contribution in [3.05, 3.63) is 77.2 Å². The number of likely N-dealkylation sites (tertiary alicyclic amines) is 1. The van der Waals surface area contributed by atoms with Gasteiger partial charge in [-0.2, -0.15) is 10.2 Å². The molecule has 0 spiro atoms. The maximum Gasteiger partial charge on any atom is 0.267 e. The minimum atomic E-state index is -0.0375. The first kappa shape index (κ1) is 19.7. The average Bonchev–Trinajstić information content (AvgIpc) is 3.20. The van der Waals surface area contributed by atoms with E-state index in [1.165, 1.54) is 0 Å². The molecule has 0 radical (unpaired) electrons. The Labute approximate surface area is 181 Å². The smallest absolute Gasteiger partial charge is 0.267 e. The van der Waals surface area contributed by atoms with E-state index < -0.39 is 0 Å². The summed E-state index contributed by atoms with van der Waals surface area (Å²) < 4.78 is 3.59. The van der Waals surface area contributed by atoms with Crippen molar-refractivity contribution < 1.29 is 0 Å². The maximum absolute atomic E-state index is 12.7. The van der Waals surface area contributed by atoms with Crippen LogP contribution in [0.2, 0.25) is 0 Å². The van der Waals surface area contributed by atoms with Crippen molar-refractivity contribution >= 4 is 5.52 Å². The molecule has 0 unspecified atom stereocenters. The second kappa shape index (κ2) is 8.12. The number of pyridine rings is 1. The lowest BCUT2D eigenvalue weighted by atomic mass is 10.0. The third-order valence-electron chi connectivity index (χ3n) is 6.24. The lowest BCUT2D eigenvalue weighted by Crippen LogP contribution is -2.41. The van der Waals surface area contributed by atoms with Crippen LogP contribution in [0.5, 0.6) is 0 Å². The van der Waals surface area contributed by atoms with Crippen LogP contribution in [-0.2, 0) is 0 Å². The standard InChI is InChI=1S/C25H27N5O/c1-18(2)28-16-13-20(14-17-28)30-23(31)12-11-21(26-30)24-22-10-6-7-15-29(22)27-25(24)19-8-4-3-5-9-19/h3-12,15,18,20H,13-14,16-17H2,1-2H3. The SMILES string of the molecule is CC(C)N1CCC(n2nc(-c3c(-c4ccccc4)nn4ccccc34)ccc2=O)CC1. The van der Waals surface area contributed by atoms with Crippen LogP contribution >= 0.6 is 0 Å². The highest BCUT2D eigenvalue weighted by Gasteiger charge is 2.25. The molecule has 0 amide bonds. The molecule has 0 bridgehead atoms. The van der Waals surface area contributed by atoms with E-state index in [1.54, 1.807) is 10.7 Å². The molecule has 4 heterocycles. The molecular weight excluding hydrogens is 386 g/mol. The third-order valence-corrected chi connectivity index (χ3v) is 6.24. The van der Waals surface area contributed by atoms with Crippen LogP contribution in [0.25, 0.3) is 28.0 Å². The zero-order valence-electron chi connectivity index (χ0n) is 18.0. The van der Waals surface area contributed by atoms with E-state index >= 15 is 0 Å². The van der Waals surface area contributed by atoms with Gasteiger partial charge in [0.2, 0.25) is 0 Å². The van der Waals surface area contributed by atoms with Crippen molar-refractivity contribution in [2.24, 2.45) is 0 Å². The molecule has 158 valence electrons. The molecule has 0 atom stereocenters. The van der Waals surface area contributed by atoms with E-state index in [0.717, 1.165) is 54.0 Å². The fourth-order valence-electron chi connectivity index (χ4n) is 4.52. The number of piperidine rings is 1. The normalized spacial score (nSPS) is 15.7. The molecule has 1 aromatic carbocycles. The van der Waals surface area contributed by atoms with Gasteiger partial charge in [0.1, 0.15) is 5.69 Å². The molecule has 3 aromatic heterocycles. The van der Waals surface area contributed by atoms with Crippen molar-refractivity contribution in [2.75, 3.05) is 13.1 Å². The molecule has 4 aromatic rings. The van der Waals surface area contributed by atoms with Gasteiger partial charge in [-0.15, -0.1) is 0 Å². The molecular formula is C25H27N5O. The molecule has 1 fully saturated rings.